The monoisotopic (exact) mass is 626 g/mol. The molecule has 0 N–H and O–H groups in total. The van der Waals surface area contributed by atoms with Crippen LogP contribution in [0.1, 0.15) is 36.0 Å². The van der Waals surface area contributed by atoms with Crippen molar-refractivity contribution in [3.8, 4) is 11.5 Å². The standard InChI is InChI=1S/C23H26BrF3N2O8S/c1-3-8-36-22(31)29-13-15-10-16(37-38(32,33)23(25,26)27)14-28(15)21(30)17-11-19(34-2)20(12-18(17)29)35-9-6-4-5-7-24/h3,11-12,14-15H,1,4-10,13H2,2H3/t15-/m0/s1. The molecule has 38 heavy (non-hydrogen) atoms. The molecule has 0 fully saturated rings. The second kappa shape index (κ2) is 12.3. The van der Waals surface area contributed by atoms with Gasteiger partial charge in [0.15, 0.2) is 11.5 Å². The number of hydrogen-bond donors (Lipinski definition) is 0. The van der Waals surface area contributed by atoms with Crippen molar-refractivity contribution in [2.45, 2.75) is 37.2 Å². The topological polar surface area (TPSA) is 112 Å². The molecule has 0 saturated heterocycles. The Labute approximate surface area is 226 Å². The van der Waals surface area contributed by atoms with E-state index in [1.807, 2.05) is 0 Å². The molecule has 1 atom stereocenters. The minimum atomic E-state index is -5.95. The lowest BCUT2D eigenvalue weighted by Gasteiger charge is -2.25. The van der Waals surface area contributed by atoms with Crippen LogP contribution in [-0.4, -0.2) is 69.1 Å². The van der Waals surface area contributed by atoms with E-state index in [0.717, 1.165) is 40.6 Å². The Balaban J connectivity index is 1.99. The van der Waals surface area contributed by atoms with Crippen molar-refractivity contribution < 1.29 is 49.6 Å². The van der Waals surface area contributed by atoms with Gasteiger partial charge in [0.1, 0.15) is 12.4 Å². The largest absolute Gasteiger partial charge is 0.534 e. The number of anilines is 1. The maximum absolute atomic E-state index is 13.5. The predicted octanol–water partition coefficient (Wildman–Crippen LogP) is 4.70. The van der Waals surface area contributed by atoms with Crippen LogP contribution in [0.25, 0.3) is 0 Å². The van der Waals surface area contributed by atoms with Gasteiger partial charge in [0.05, 0.1) is 37.6 Å². The molecule has 0 bridgehead atoms. The number of unbranched alkanes of at least 4 members (excludes halogenated alkanes) is 2. The normalized spacial score (nSPS) is 17.2. The van der Waals surface area contributed by atoms with E-state index in [-0.39, 0.29) is 35.9 Å². The average molecular weight is 627 g/mol. The fourth-order valence-corrected chi connectivity index (χ4v) is 4.75. The first-order chi connectivity index (χ1) is 17.9. The van der Waals surface area contributed by atoms with Gasteiger partial charge in [-0.15, -0.1) is 0 Å². The number of halogens is 4. The van der Waals surface area contributed by atoms with Gasteiger partial charge < -0.3 is 23.3 Å². The van der Waals surface area contributed by atoms with E-state index in [0.29, 0.717) is 6.61 Å². The van der Waals surface area contributed by atoms with Crippen LogP contribution in [0.3, 0.4) is 0 Å². The molecule has 210 valence electrons. The van der Waals surface area contributed by atoms with Gasteiger partial charge in [-0.1, -0.05) is 28.6 Å². The summed E-state index contributed by atoms with van der Waals surface area (Å²) in [5.74, 6) is -0.847. The third-order valence-corrected chi connectivity index (χ3v) is 7.19. The van der Waals surface area contributed by atoms with Gasteiger partial charge in [-0.05, 0) is 25.3 Å². The second-order valence-electron chi connectivity index (χ2n) is 8.24. The highest BCUT2D eigenvalue weighted by Crippen LogP contribution is 2.41. The molecule has 2 aliphatic heterocycles. The third-order valence-electron chi connectivity index (χ3n) is 5.63. The van der Waals surface area contributed by atoms with E-state index in [2.05, 4.69) is 26.7 Å². The first-order valence-electron chi connectivity index (χ1n) is 11.4. The van der Waals surface area contributed by atoms with Gasteiger partial charge in [-0.3, -0.25) is 9.69 Å². The summed E-state index contributed by atoms with van der Waals surface area (Å²) in [6.45, 7) is 3.46. The maximum atomic E-state index is 13.5. The molecule has 0 unspecified atom stereocenters. The highest BCUT2D eigenvalue weighted by molar-refractivity contribution is 9.09. The summed E-state index contributed by atoms with van der Waals surface area (Å²) >= 11 is 3.36. The molecule has 3 rings (SSSR count). The molecular weight excluding hydrogens is 601 g/mol. The van der Waals surface area contributed by atoms with Crippen LogP contribution in [0.2, 0.25) is 0 Å². The summed E-state index contributed by atoms with van der Waals surface area (Å²) in [5, 5.41) is 0.861. The highest BCUT2D eigenvalue weighted by Gasteiger charge is 2.50. The number of alkyl halides is 4. The Hall–Kier alpha value is -2.94. The van der Waals surface area contributed by atoms with Gasteiger partial charge in [0.2, 0.25) is 0 Å². The van der Waals surface area contributed by atoms with Crippen LogP contribution in [0, 0.1) is 0 Å². The van der Waals surface area contributed by atoms with Crippen LogP contribution >= 0.6 is 15.9 Å². The summed E-state index contributed by atoms with van der Waals surface area (Å²) in [4.78, 5) is 28.6. The first-order valence-corrected chi connectivity index (χ1v) is 14.0. The van der Waals surface area contributed by atoms with Crippen LogP contribution in [0.5, 0.6) is 11.5 Å². The predicted molar refractivity (Wildman–Crippen MR) is 134 cm³/mol. The van der Waals surface area contributed by atoms with Crippen molar-refractivity contribution in [2.24, 2.45) is 0 Å². The van der Waals surface area contributed by atoms with Crippen molar-refractivity contribution in [1.82, 2.24) is 4.90 Å². The van der Waals surface area contributed by atoms with E-state index in [1.54, 1.807) is 0 Å². The third kappa shape index (κ3) is 6.54. The van der Waals surface area contributed by atoms with Gasteiger partial charge in [-0.25, -0.2) is 4.79 Å². The number of hydrogen-bond acceptors (Lipinski definition) is 8. The number of carbonyl (C=O) groups is 2. The van der Waals surface area contributed by atoms with E-state index >= 15 is 0 Å². The molecule has 2 heterocycles. The van der Waals surface area contributed by atoms with Gasteiger partial charge in [0.25, 0.3) is 5.91 Å². The summed E-state index contributed by atoms with van der Waals surface area (Å²) in [5.41, 5.74) is -5.56. The van der Waals surface area contributed by atoms with Gasteiger partial charge in [-0.2, -0.15) is 21.6 Å². The summed E-state index contributed by atoms with van der Waals surface area (Å²) in [6, 6.07) is 1.87. The second-order valence-corrected chi connectivity index (χ2v) is 10.6. The molecule has 0 aliphatic carbocycles. The minimum Gasteiger partial charge on any atom is -0.493 e. The zero-order valence-electron chi connectivity index (χ0n) is 20.3. The lowest BCUT2D eigenvalue weighted by atomic mass is 10.1. The Morgan fingerprint density at radius 1 is 1.24 bits per heavy atom. The zero-order valence-corrected chi connectivity index (χ0v) is 22.7. The smallest absolute Gasteiger partial charge is 0.493 e. The van der Waals surface area contributed by atoms with Gasteiger partial charge >= 0.3 is 21.7 Å². The van der Waals surface area contributed by atoms with Crippen molar-refractivity contribution in [3.63, 3.8) is 0 Å². The number of fused-ring (bicyclic) bond motifs is 2. The van der Waals surface area contributed by atoms with Crippen molar-refractivity contribution in [1.29, 1.82) is 0 Å². The van der Waals surface area contributed by atoms with E-state index < -0.39 is 45.8 Å². The zero-order chi connectivity index (χ0) is 28.1. The number of amides is 2. The van der Waals surface area contributed by atoms with E-state index in [9.17, 15) is 31.2 Å². The number of carbonyl (C=O) groups excluding carboxylic acids is 2. The molecule has 2 amide bonds. The number of methoxy groups -OCH3 is 1. The number of rotatable bonds is 11. The molecule has 10 nitrogen and oxygen atoms in total. The number of benzene rings is 1. The molecule has 0 aromatic heterocycles. The Bertz CT molecular complexity index is 1210. The molecule has 0 saturated carbocycles. The van der Waals surface area contributed by atoms with E-state index in [4.69, 9.17) is 14.2 Å². The SMILES string of the molecule is C=CCOC(=O)N1C[C@@H]2CC(OS(=O)(=O)C(F)(F)F)=CN2C(=O)c2cc(OC)c(OCCCCCBr)cc21. The summed E-state index contributed by atoms with van der Waals surface area (Å²) in [6.07, 6.45) is 3.60. The fourth-order valence-electron chi connectivity index (χ4n) is 3.87. The molecule has 2 aliphatic rings. The quantitative estimate of drug-likeness (QED) is 0.114. The van der Waals surface area contributed by atoms with Crippen molar-refractivity contribution in [3.05, 3.63) is 42.3 Å². The Morgan fingerprint density at radius 3 is 2.61 bits per heavy atom. The lowest BCUT2D eigenvalue weighted by molar-refractivity contribution is -0.0523. The fraction of sp³-hybridized carbons (Fsp3) is 0.478. The molecule has 0 spiro atoms. The molecule has 1 aromatic rings. The molecular formula is C23H26BrF3N2O8S. The lowest BCUT2D eigenvalue weighted by Crippen LogP contribution is -2.41. The van der Waals surface area contributed by atoms with E-state index in [1.165, 1.54) is 25.3 Å². The van der Waals surface area contributed by atoms with Crippen LogP contribution in [0.15, 0.2) is 36.7 Å². The van der Waals surface area contributed by atoms with Crippen molar-refractivity contribution in [2.75, 3.05) is 37.1 Å². The number of ether oxygens (including phenoxy) is 3. The number of nitrogens with zero attached hydrogens (tertiary/aromatic N) is 2. The Kier molecular flexibility index (Phi) is 9.57. The Morgan fingerprint density at radius 2 is 1.97 bits per heavy atom. The minimum absolute atomic E-state index is 0.0391. The first kappa shape index (κ1) is 29.6. The van der Waals surface area contributed by atoms with Crippen LogP contribution in [0.4, 0.5) is 23.7 Å². The van der Waals surface area contributed by atoms with Crippen molar-refractivity contribution >= 4 is 43.7 Å². The average Bonchev–Trinajstić information content (AvgIpc) is 3.21. The molecule has 1 aromatic carbocycles. The highest BCUT2D eigenvalue weighted by atomic mass is 79.9. The van der Waals surface area contributed by atoms with Crippen LogP contribution in [-0.2, 0) is 19.0 Å². The van der Waals surface area contributed by atoms with Gasteiger partial charge in [0, 0.05) is 24.0 Å². The summed E-state index contributed by atoms with van der Waals surface area (Å²) in [7, 11) is -4.58. The maximum Gasteiger partial charge on any atom is 0.534 e. The molecule has 15 heteroatoms. The molecule has 0 radical (unpaired) electrons. The van der Waals surface area contributed by atoms with Crippen LogP contribution < -0.4 is 14.4 Å². The summed E-state index contributed by atoms with van der Waals surface area (Å²) < 4.78 is 82.1.